The van der Waals surface area contributed by atoms with Crippen LogP contribution in [-0.2, 0) is 6.54 Å². The monoisotopic (exact) mass is 531 g/mol. The van der Waals surface area contributed by atoms with E-state index >= 15 is 0 Å². The van der Waals surface area contributed by atoms with Crippen LogP contribution in [0.25, 0.3) is 0 Å². The van der Waals surface area contributed by atoms with Crippen LogP contribution in [0.5, 0.6) is 5.75 Å². The van der Waals surface area contributed by atoms with Crippen molar-refractivity contribution in [2.45, 2.75) is 31.5 Å². The number of nitrogens with one attached hydrogen (secondary N) is 1. The highest BCUT2D eigenvalue weighted by Gasteiger charge is 2.33. The van der Waals surface area contributed by atoms with Crippen LogP contribution < -0.4 is 10.1 Å². The zero-order chi connectivity index (χ0) is 27.4. The van der Waals surface area contributed by atoms with E-state index in [2.05, 4.69) is 21.3 Å². The number of amides is 2. The summed E-state index contributed by atoms with van der Waals surface area (Å²) in [7, 11) is 0. The van der Waals surface area contributed by atoms with E-state index in [0.717, 1.165) is 6.07 Å². The van der Waals surface area contributed by atoms with E-state index in [1.54, 1.807) is 41.3 Å². The van der Waals surface area contributed by atoms with E-state index in [1.165, 1.54) is 18.3 Å². The number of carbonyl (C=O) groups excluding carboxylic acids is 2. The molecule has 2 fully saturated rings. The number of hydrogen-bond acceptors (Lipinski definition) is 6. The molecule has 3 aromatic rings. The van der Waals surface area contributed by atoms with Crippen LogP contribution in [0.1, 0.15) is 44.8 Å². The molecule has 39 heavy (non-hydrogen) atoms. The van der Waals surface area contributed by atoms with Crippen molar-refractivity contribution in [1.82, 2.24) is 20.1 Å². The number of pyridine rings is 1. The third-order valence-electron chi connectivity index (χ3n) is 6.92. The number of ether oxygens (including phenoxy) is 1. The molecule has 0 aliphatic carbocycles. The molecule has 10 heteroatoms. The Balaban J connectivity index is 1.05. The van der Waals surface area contributed by atoms with E-state index in [4.69, 9.17) is 10.00 Å². The third-order valence-corrected chi connectivity index (χ3v) is 6.92. The number of halogens is 2. The summed E-state index contributed by atoms with van der Waals surface area (Å²) in [6.45, 7) is 2.71. The lowest BCUT2D eigenvalue weighted by atomic mass is 10.0. The molecular formula is C29H27F2N5O3. The molecule has 1 N–H and O–H groups in total. The van der Waals surface area contributed by atoms with Crippen molar-refractivity contribution >= 4 is 11.8 Å². The van der Waals surface area contributed by atoms with E-state index < -0.39 is 11.6 Å². The molecule has 0 unspecified atom stereocenters. The molecule has 2 aromatic carbocycles. The first-order valence-electron chi connectivity index (χ1n) is 12.8. The highest BCUT2D eigenvalue weighted by atomic mass is 19.1. The van der Waals surface area contributed by atoms with Crippen molar-refractivity contribution in [2.24, 2.45) is 0 Å². The molecule has 8 nitrogen and oxygen atoms in total. The molecule has 2 amide bonds. The Morgan fingerprint density at radius 1 is 1.03 bits per heavy atom. The second kappa shape index (κ2) is 11.6. The van der Waals surface area contributed by atoms with Crippen molar-refractivity contribution in [2.75, 3.05) is 26.2 Å². The number of likely N-dealkylation sites (tertiary alicyclic amines) is 2. The van der Waals surface area contributed by atoms with Gasteiger partial charge in [0.15, 0.2) is 0 Å². The number of carbonyl (C=O) groups is 2. The fourth-order valence-corrected chi connectivity index (χ4v) is 4.77. The summed E-state index contributed by atoms with van der Waals surface area (Å²) in [4.78, 5) is 33.4. The molecule has 0 atom stereocenters. The van der Waals surface area contributed by atoms with Gasteiger partial charge in [0.05, 0.1) is 30.3 Å². The van der Waals surface area contributed by atoms with E-state index in [-0.39, 0.29) is 29.7 Å². The zero-order valence-corrected chi connectivity index (χ0v) is 21.1. The minimum atomic E-state index is -0.588. The minimum absolute atomic E-state index is 0.0322. The summed E-state index contributed by atoms with van der Waals surface area (Å²) in [5.41, 5.74) is 1.76. The van der Waals surface area contributed by atoms with Gasteiger partial charge in [0.25, 0.3) is 11.8 Å². The zero-order valence-electron chi connectivity index (χ0n) is 21.1. The van der Waals surface area contributed by atoms with Gasteiger partial charge < -0.3 is 15.0 Å². The molecule has 2 saturated heterocycles. The Morgan fingerprint density at radius 3 is 2.33 bits per heavy atom. The number of nitriles is 1. The quantitative estimate of drug-likeness (QED) is 0.501. The Hall–Kier alpha value is -4.36. The molecule has 0 spiro atoms. The van der Waals surface area contributed by atoms with E-state index in [0.29, 0.717) is 68.0 Å². The fraction of sp³-hybridized carbons (Fsp3) is 0.310. The Morgan fingerprint density at radius 2 is 1.72 bits per heavy atom. The highest BCUT2D eigenvalue weighted by Crippen LogP contribution is 2.21. The Bertz CT molecular complexity index is 1360. The predicted molar refractivity (Wildman–Crippen MR) is 138 cm³/mol. The molecule has 2 aliphatic rings. The summed E-state index contributed by atoms with van der Waals surface area (Å²) in [5.74, 6) is -1.01. The van der Waals surface area contributed by atoms with E-state index in [9.17, 15) is 18.4 Å². The van der Waals surface area contributed by atoms with Crippen molar-refractivity contribution in [3.63, 3.8) is 0 Å². The number of rotatable bonds is 7. The number of nitrogens with zero attached hydrogens (tertiary/aromatic N) is 4. The minimum Gasteiger partial charge on any atom is -0.487 e. The maximum Gasteiger partial charge on any atom is 0.270 e. The summed E-state index contributed by atoms with van der Waals surface area (Å²) in [6.07, 6.45) is 2.70. The van der Waals surface area contributed by atoms with Gasteiger partial charge in [0.2, 0.25) is 0 Å². The maximum absolute atomic E-state index is 13.4. The van der Waals surface area contributed by atoms with Gasteiger partial charge in [-0.15, -0.1) is 0 Å². The second-order valence-electron chi connectivity index (χ2n) is 9.82. The molecule has 5 rings (SSSR count). The lowest BCUT2D eigenvalue weighted by Crippen LogP contribution is -2.56. The largest absolute Gasteiger partial charge is 0.487 e. The van der Waals surface area contributed by atoms with Crippen LogP contribution in [0, 0.1) is 23.0 Å². The lowest BCUT2D eigenvalue weighted by Gasteiger charge is -2.39. The average Bonchev–Trinajstić information content (AvgIpc) is 2.91. The Labute approximate surface area is 224 Å². The van der Waals surface area contributed by atoms with Crippen LogP contribution in [0.2, 0.25) is 0 Å². The SMILES string of the molecule is N#Cc1ccc(OC2CN(C(=O)c3ccc(C(=O)NC4CCN(Cc5cc(F)cc(F)c5)CC4)nc3)C2)cc1. The van der Waals surface area contributed by atoms with Crippen molar-refractivity contribution < 1.29 is 23.1 Å². The van der Waals surface area contributed by atoms with Gasteiger partial charge >= 0.3 is 0 Å². The molecule has 0 radical (unpaired) electrons. The molecular weight excluding hydrogens is 504 g/mol. The van der Waals surface area contributed by atoms with Crippen molar-refractivity contribution in [3.8, 4) is 11.8 Å². The van der Waals surface area contributed by atoms with Crippen LogP contribution in [0.15, 0.2) is 60.8 Å². The van der Waals surface area contributed by atoms with Crippen molar-refractivity contribution in [3.05, 3.63) is 94.8 Å². The molecule has 0 bridgehead atoms. The van der Waals surface area contributed by atoms with Gasteiger partial charge in [-0.05, 0) is 66.9 Å². The first kappa shape index (κ1) is 26.3. The topological polar surface area (TPSA) is 98.6 Å². The Kier molecular flexibility index (Phi) is 7.79. The molecule has 1 aromatic heterocycles. The van der Waals surface area contributed by atoms with Gasteiger partial charge in [0.1, 0.15) is 29.2 Å². The predicted octanol–water partition coefficient (Wildman–Crippen LogP) is 3.53. The third kappa shape index (κ3) is 6.56. The van der Waals surface area contributed by atoms with Gasteiger partial charge in [-0.2, -0.15) is 5.26 Å². The van der Waals surface area contributed by atoms with Gasteiger partial charge in [0, 0.05) is 37.9 Å². The maximum atomic E-state index is 13.4. The van der Waals surface area contributed by atoms with Gasteiger partial charge in [-0.1, -0.05) is 0 Å². The smallest absolute Gasteiger partial charge is 0.270 e. The number of hydrogen-bond donors (Lipinski definition) is 1. The number of piperidine rings is 1. The summed E-state index contributed by atoms with van der Waals surface area (Å²) < 4.78 is 32.7. The summed E-state index contributed by atoms with van der Waals surface area (Å²) in [5, 5.41) is 11.9. The first-order valence-corrected chi connectivity index (χ1v) is 12.8. The normalized spacial score (nSPS) is 16.3. The standard InChI is InChI=1S/C29H27F2N5O3/c30-22-11-20(12-23(31)13-22)16-35-9-7-24(8-10-35)34-28(37)27-6-3-21(15-33-27)29(38)36-17-26(18-36)39-25-4-1-19(14-32)2-5-25/h1-6,11-13,15,24,26H,7-10,16-18H2,(H,34,37). The highest BCUT2D eigenvalue weighted by molar-refractivity contribution is 5.96. The molecule has 200 valence electrons. The van der Waals surface area contributed by atoms with Crippen LogP contribution >= 0.6 is 0 Å². The van der Waals surface area contributed by atoms with Gasteiger partial charge in [-0.25, -0.2) is 8.78 Å². The molecule has 2 aliphatic heterocycles. The molecule has 0 saturated carbocycles. The summed E-state index contributed by atoms with van der Waals surface area (Å²) >= 11 is 0. The van der Waals surface area contributed by atoms with Crippen LogP contribution in [-0.4, -0.2) is 64.9 Å². The average molecular weight is 532 g/mol. The number of benzene rings is 2. The van der Waals surface area contributed by atoms with Crippen LogP contribution in [0.3, 0.4) is 0 Å². The summed E-state index contributed by atoms with van der Waals surface area (Å²) in [6, 6.07) is 15.5. The van der Waals surface area contributed by atoms with Gasteiger partial charge in [-0.3, -0.25) is 19.5 Å². The second-order valence-corrected chi connectivity index (χ2v) is 9.82. The number of aromatic nitrogens is 1. The van der Waals surface area contributed by atoms with E-state index in [1.807, 2.05) is 0 Å². The lowest BCUT2D eigenvalue weighted by molar-refractivity contribution is 0.0177. The fourth-order valence-electron chi connectivity index (χ4n) is 4.77. The van der Waals surface area contributed by atoms with Crippen molar-refractivity contribution in [1.29, 1.82) is 5.26 Å². The van der Waals surface area contributed by atoms with Crippen LogP contribution in [0.4, 0.5) is 8.78 Å². The first-order chi connectivity index (χ1) is 18.9. The molecule has 3 heterocycles.